The minimum absolute atomic E-state index is 0.724. The second-order valence-electron chi connectivity index (χ2n) is 4.87. The van der Waals surface area contributed by atoms with E-state index in [4.69, 9.17) is 0 Å². The van der Waals surface area contributed by atoms with Crippen LogP contribution in [-0.4, -0.2) is 42.3 Å². The van der Waals surface area contributed by atoms with Crippen LogP contribution in [0, 0.1) is 0 Å². The molecule has 0 unspecified atom stereocenters. The van der Waals surface area contributed by atoms with Crippen molar-refractivity contribution in [3.8, 4) is 0 Å². The predicted octanol–water partition coefficient (Wildman–Crippen LogP) is 0.934. The molecule has 1 N–H and O–H groups in total. The second kappa shape index (κ2) is 6.36. The maximum absolute atomic E-state index is 4.17. The van der Waals surface area contributed by atoms with Crippen molar-refractivity contribution in [3.63, 3.8) is 0 Å². The molecule has 0 spiro atoms. The van der Waals surface area contributed by atoms with Gasteiger partial charge in [0, 0.05) is 36.8 Å². The van der Waals surface area contributed by atoms with Gasteiger partial charge in [0.25, 0.3) is 0 Å². The van der Waals surface area contributed by atoms with Gasteiger partial charge < -0.3 is 9.88 Å². The monoisotopic (exact) mass is 293 g/mol. The quantitative estimate of drug-likeness (QED) is 0.730. The highest BCUT2D eigenvalue weighted by Gasteiger charge is 2.20. The Kier molecular flexibility index (Phi) is 4.31. The van der Waals surface area contributed by atoms with Gasteiger partial charge in [-0.25, -0.2) is 9.67 Å². The molecule has 7 nitrogen and oxygen atoms in total. The Hall–Kier alpha value is -1.41. The van der Waals surface area contributed by atoms with Crippen LogP contribution in [0.5, 0.6) is 0 Å². The molecular weight excluding hydrogens is 274 g/mol. The van der Waals surface area contributed by atoms with Crippen molar-refractivity contribution in [1.82, 2.24) is 35.1 Å². The van der Waals surface area contributed by atoms with Gasteiger partial charge in [0.1, 0.15) is 0 Å². The average molecular weight is 293 g/mol. The summed E-state index contributed by atoms with van der Waals surface area (Å²) < 4.78 is 4.00. The van der Waals surface area contributed by atoms with E-state index in [1.807, 2.05) is 17.2 Å². The van der Waals surface area contributed by atoms with Gasteiger partial charge >= 0.3 is 0 Å². The van der Waals surface area contributed by atoms with Crippen LogP contribution in [0.15, 0.2) is 17.7 Å². The molecule has 2 aromatic rings. The first kappa shape index (κ1) is 13.6. The SMILES string of the molecule is CCn1cncc1CSc1nnnn1CCNC1CC1. The van der Waals surface area contributed by atoms with Gasteiger partial charge in [0.15, 0.2) is 0 Å². The van der Waals surface area contributed by atoms with Crippen LogP contribution in [0.3, 0.4) is 0 Å². The Morgan fingerprint density at radius 3 is 3.15 bits per heavy atom. The Morgan fingerprint density at radius 1 is 1.45 bits per heavy atom. The molecule has 2 aromatic heterocycles. The number of tetrazole rings is 1. The third-order valence-electron chi connectivity index (χ3n) is 3.32. The summed E-state index contributed by atoms with van der Waals surface area (Å²) >= 11 is 1.65. The molecular formula is C12H19N7S. The minimum Gasteiger partial charge on any atom is -0.334 e. The number of hydrogen-bond donors (Lipinski definition) is 1. The smallest absolute Gasteiger partial charge is 0.209 e. The van der Waals surface area contributed by atoms with Crippen molar-refractivity contribution in [3.05, 3.63) is 18.2 Å². The van der Waals surface area contributed by atoms with Crippen molar-refractivity contribution < 1.29 is 0 Å². The minimum atomic E-state index is 0.724. The van der Waals surface area contributed by atoms with Gasteiger partial charge in [-0.3, -0.25) is 0 Å². The Labute approximate surface area is 122 Å². The van der Waals surface area contributed by atoms with Gasteiger partial charge in [-0.2, -0.15) is 0 Å². The van der Waals surface area contributed by atoms with E-state index in [9.17, 15) is 0 Å². The van der Waals surface area contributed by atoms with Gasteiger partial charge in [-0.05, 0) is 30.2 Å². The summed E-state index contributed by atoms with van der Waals surface area (Å²) in [5.41, 5.74) is 1.20. The number of aromatic nitrogens is 6. The molecule has 0 aromatic carbocycles. The largest absolute Gasteiger partial charge is 0.334 e. The highest BCUT2D eigenvalue weighted by Crippen LogP contribution is 2.20. The van der Waals surface area contributed by atoms with E-state index in [2.05, 4.69) is 37.3 Å². The average Bonchev–Trinajstić information content (AvgIpc) is 3.00. The van der Waals surface area contributed by atoms with E-state index in [0.717, 1.165) is 36.6 Å². The molecule has 1 aliphatic carbocycles. The molecule has 0 aliphatic heterocycles. The summed E-state index contributed by atoms with van der Waals surface area (Å²) in [5.74, 6) is 0.838. The van der Waals surface area contributed by atoms with Crippen molar-refractivity contribution in [2.24, 2.45) is 0 Å². The summed E-state index contributed by atoms with van der Waals surface area (Å²) in [6.45, 7) is 4.80. The number of nitrogens with zero attached hydrogens (tertiary/aromatic N) is 6. The maximum atomic E-state index is 4.17. The first-order valence-corrected chi connectivity index (χ1v) is 7.96. The standard InChI is InChI=1S/C12H19N7S/c1-2-18-9-13-7-11(18)8-20-12-15-16-17-19(12)6-5-14-10-3-4-10/h7,9-10,14H,2-6,8H2,1H3. The highest BCUT2D eigenvalue weighted by molar-refractivity contribution is 7.98. The third kappa shape index (κ3) is 3.37. The summed E-state index contributed by atoms with van der Waals surface area (Å²) in [7, 11) is 0. The lowest BCUT2D eigenvalue weighted by Gasteiger charge is -2.06. The molecule has 2 heterocycles. The first-order valence-electron chi connectivity index (χ1n) is 6.98. The number of thioether (sulfide) groups is 1. The van der Waals surface area contributed by atoms with Crippen LogP contribution in [0.1, 0.15) is 25.5 Å². The lowest BCUT2D eigenvalue weighted by molar-refractivity contribution is 0.509. The highest BCUT2D eigenvalue weighted by atomic mass is 32.2. The lowest BCUT2D eigenvalue weighted by Crippen LogP contribution is -2.22. The lowest BCUT2D eigenvalue weighted by atomic mass is 10.5. The maximum Gasteiger partial charge on any atom is 0.209 e. The summed E-state index contributed by atoms with van der Waals surface area (Å²) in [6, 6.07) is 0.724. The molecule has 1 aliphatic rings. The number of rotatable bonds is 8. The molecule has 0 atom stereocenters. The number of aryl methyl sites for hydroxylation is 1. The molecule has 3 rings (SSSR count). The van der Waals surface area contributed by atoms with E-state index >= 15 is 0 Å². The van der Waals surface area contributed by atoms with Gasteiger partial charge in [0.05, 0.1) is 12.9 Å². The van der Waals surface area contributed by atoms with Crippen molar-refractivity contribution in [1.29, 1.82) is 0 Å². The second-order valence-corrected chi connectivity index (χ2v) is 5.82. The van der Waals surface area contributed by atoms with E-state index in [1.54, 1.807) is 11.8 Å². The van der Waals surface area contributed by atoms with Crippen molar-refractivity contribution >= 4 is 11.8 Å². The molecule has 1 saturated carbocycles. The van der Waals surface area contributed by atoms with E-state index < -0.39 is 0 Å². The van der Waals surface area contributed by atoms with Crippen LogP contribution < -0.4 is 5.32 Å². The van der Waals surface area contributed by atoms with Gasteiger partial charge in [0.2, 0.25) is 5.16 Å². The zero-order chi connectivity index (χ0) is 13.8. The van der Waals surface area contributed by atoms with Crippen LogP contribution in [-0.2, 0) is 18.8 Å². The first-order chi connectivity index (χ1) is 9.86. The molecule has 8 heteroatoms. The summed E-state index contributed by atoms with van der Waals surface area (Å²) in [6.07, 6.45) is 6.37. The topological polar surface area (TPSA) is 73.5 Å². The zero-order valence-electron chi connectivity index (χ0n) is 11.6. The van der Waals surface area contributed by atoms with E-state index in [-0.39, 0.29) is 0 Å². The fourth-order valence-corrected chi connectivity index (χ4v) is 2.88. The zero-order valence-corrected chi connectivity index (χ0v) is 12.4. The molecule has 0 amide bonds. The fraction of sp³-hybridized carbons (Fsp3) is 0.667. The van der Waals surface area contributed by atoms with Crippen molar-refractivity contribution in [2.75, 3.05) is 6.54 Å². The number of hydrogen-bond acceptors (Lipinski definition) is 6. The van der Waals surface area contributed by atoms with E-state index in [0.29, 0.717) is 0 Å². The van der Waals surface area contributed by atoms with Crippen LogP contribution >= 0.6 is 11.8 Å². The molecule has 0 radical (unpaired) electrons. The van der Waals surface area contributed by atoms with Gasteiger partial charge in [-0.1, -0.05) is 11.8 Å². The Morgan fingerprint density at radius 2 is 2.35 bits per heavy atom. The molecule has 108 valence electrons. The van der Waals surface area contributed by atoms with Crippen LogP contribution in [0.2, 0.25) is 0 Å². The van der Waals surface area contributed by atoms with Crippen molar-refractivity contribution in [2.45, 2.75) is 49.8 Å². The Balaban J connectivity index is 1.52. The molecule has 0 saturated heterocycles. The number of nitrogens with one attached hydrogen (secondary N) is 1. The van der Waals surface area contributed by atoms with Crippen LogP contribution in [0.4, 0.5) is 0 Å². The van der Waals surface area contributed by atoms with E-state index in [1.165, 1.54) is 18.5 Å². The summed E-state index contributed by atoms with van der Waals surface area (Å²) in [5, 5.41) is 16.2. The molecule has 1 fully saturated rings. The molecule has 0 bridgehead atoms. The Bertz CT molecular complexity index is 546. The summed E-state index contributed by atoms with van der Waals surface area (Å²) in [4.78, 5) is 4.17. The predicted molar refractivity (Wildman–Crippen MR) is 76.3 cm³/mol. The molecule has 20 heavy (non-hydrogen) atoms. The third-order valence-corrected chi connectivity index (χ3v) is 4.31. The normalized spacial score (nSPS) is 14.8. The fourth-order valence-electron chi connectivity index (χ4n) is 1.99. The van der Waals surface area contributed by atoms with Crippen LogP contribution in [0.25, 0.3) is 0 Å². The van der Waals surface area contributed by atoms with Gasteiger partial charge in [-0.15, -0.1) is 5.10 Å². The number of imidazole rings is 1.